The topological polar surface area (TPSA) is 79.2 Å². The van der Waals surface area contributed by atoms with E-state index >= 15 is 0 Å². The molecule has 1 aromatic rings. The van der Waals surface area contributed by atoms with Crippen molar-refractivity contribution in [2.75, 3.05) is 6.61 Å². The van der Waals surface area contributed by atoms with Gasteiger partial charge in [-0.1, -0.05) is 30.3 Å². The van der Waals surface area contributed by atoms with Crippen LogP contribution in [-0.4, -0.2) is 24.0 Å². The highest BCUT2D eigenvalue weighted by Crippen LogP contribution is 2.49. The number of esters is 1. The Bertz CT molecular complexity index is 657. The van der Waals surface area contributed by atoms with Crippen LogP contribution >= 0.6 is 0 Å². The number of nitrogens with zero attached hydrogens (tertiary/aromatic N) is 1. The zero-order valence-electron chi connectivity index (χ0n) is 13.2. The summed E-state index contributed by atoms with van der Waals surface area (Å²) >= 11 is 0. The number of rotatable bonds is 6. The van der Waals surface area contributed by atoms with Crippen molar-refractivity contribution in [2.45, 2.75) is 43.6 Å². The molecule has 2 aliphatic carbocycles. The van der Waals surface area contributed by atoms with Crippen LogP contribution in [0.15, 0.2) is 30.3 Å². The quantitative estimate of drug-likeness (QED) is 0.816. The molecule has 1 aromatic carbocycles. The van der Waals surface area contributed by atoms with Gasteiger partial charge in [-0.25, -0.2) is 0 Å². The zero-order chi connectivity index (χ0) is 16.5. The predicted octanol–water partition coefficient (Wildman–Crippen LogP) is 2.07. The van der Waals surface area contributed by atoms with Crippen molar-refractivity contribution in [3.8, 4) is 6.07 Å². The molecule has 120 valence electrons. The van der Waals surface area contributed by atoms with Gasteiger partial charge in [-0.15, -0.1) is 0 Å². The van der Waals surface area contributed by atoms with Gasteiger partial charge < -0.3 is 10.1 Å². The number of carbonyl (C=O) groups excluding carboxylic acids is 2. The first-order valence-electron chi connectivity index (χ1n) is 7.95. The molecule has 2 fully saturated rings. The first-order chi connectivity index (χ1) is 11.0. The van der Waals surface area contributed by atoms with Crippen LogP contribution in [0.2, 0.25) is 0 Å². The van der Waals surface area contributed by atoms with Crippen LogP contribution in [0.3, 0.4) is 0 Å². The van der Waals surface area contributed by atoms with Gasteiger partial charge in [0.15, 0.2) is 6.61 Å². The van der Waals surface area contributed by atoms with Crippen molar-refractivity contribution in [1.82, 2.24) is 5.32 Å². The summed E-state index contributed by atoms with van der Waals surface area (Å²) in [4.78, 5) is 24.3. The van der Waals surface area contributed by atoms with Gasteiger partial charge in [0.2, 0.25) is 0 Å². The number of nitriles is 1. The molecule has 1 N–H and O–H groups in total. The zero-order valence-corrected chi connectivity index (χ0v) is 13.2. The monoisotopic (exact) mass is 312 g/mol. The maximum absolute atomic E-state index is 12.3. The lowest BCUT2D eigenvalue weighted by molar-refractivity contribution is -0.151. The highest BCUT2D eigenvalue weighted by atomic mass is 16.5. The Labute approximate surface area is 135 Å². The van der Waals surface area contributed by atoms with Gasteiger partial charge in [-0.2, -0.15) is 5.26 Å². The van der Waals surface area contributed by atoms with E-state index in [0.717, 1.165) is 31.2 Å². The molecular formula is C18H20N2O3. The van der Waals surface area contributed by atoms with Crippen LogP contribution in [0.25, 0.3) is 0 Å². The molecule has 0 saturated heterocycles. The minimum absolute atomic E-state index is 0.200. The van der Waals surface area contributed by atoms with E-state index < -0.39 is 16.9 Å². The third-order valence-corrected chi connectivity index (χ3v) is 4.83. The van der Waals surface area contributed by atoms with E-state index in [0.29, 0.717) is 0 Å². The summed E-state index contributed by atoms with van der Waals surface area (Å²) in [6.45, 7) is 1.38. The SMILES string of the molecule is C[C@@](C#N)(NC(=O)COC(=O)C1(c2ccccc2)CC1)C1CC1. The van der Waals surface area contributed by atoms with Gasteiger partial charge in [0.05, 0.1) is 11.5 Å². The predicted molar refractivity (Wildman–Crippen MR) is 83.2 cm³/mol. The minimum atomic E-state index is -0.861. The Morgan fingerprint density at radius 1 is 1.35 bits per heavy atom. The molecule has 0 aliphatic heterocycles. The average Bonchev–Trinajstić information content (AvgIpc) is 3.45. The fourth-order valence-corrected chi connectivity index (χ4v) is 2.97. The third kappa shape index (κ3) is 3.07. The molecule has 3 rings (SSSR count). The third-order valence-electron chi connectivity index (χ3n) is 4.83. The summed E-state index contributed by atoms with van der Waals surface area (Å²) in [5.41, 5.74) is -0.512. The van der Waals surface area contributed by atoms with Crippen molar-refractivity contribution in [2.24, 2.45) is 5.92 Å². The first kappa shape index (κ1) is 15.5. The van der Waals surface area contributed by atoms with Gasteiger partial charge >= 0.3 is 5.97 Å². The number of ether oxygens (including phenoxy) is 1. The van der Waals surface area contributed by atoms with Gasteiger partial charge in [0.1, 0.15) is 5.54 Å². The molecule has 0 unspecified atom stereocenters. The van der Waals surface area contributed by atoms with Gasteiger partial charge in [0, 0.05) is 0 Å². The standard InChI is InChI=1S/C18H20N2O3/c1-17(12-19,13-7-8-13)20-15(21)11-23-16(22)18(9-10-18)14-5-3-2-4-6-14/h2-6,13H,7-11H2,1H3,(H,20,21)/t17-/m0/s1. The van der Waals surface area contributed by atoms with Crippen molar-refractivity contribution >= 4 is 11.9 Å². The second-order valence-corrected chi connectivity index (χ2v) is 6.66. The van der Waals surface area contributed by atoms with Crippen LogP contribution in [0, 0.1) is 17.2 Å². The van der Waals surface area contributed by atoms with Crippen LogP contribution in [-0.2, 0) is 19.7 Å². The molecule has 0 radical (unpaired) electrons. The molecule has 5 nitrogen and oxygen atoms in total. The normalized spacial score (nSPS) is 20.7. The number of carbonyl (C=O) groups is 2. The highest BCUT2D eigenvalue weighted by molar-refractivity contribution is 5.89. The van der Waals surface area contributed by atoms with Crippen molar-refractivity contribution in [3.05, 3.63) is 35.9 Å². The number of hydrogen-bond donors (Lipinski definition) is 1. The Hall–Kier alpha value is -2.35. The maximum Gasteiger partial charge on any atom is 0.317 e. The number of amides is 1. The van der Waals surface area contributed by atoms with Crippen LogP contribution in [0.1, 0.15) is 38.2 Å². The van der Waals surface area contributed by atoms with Gasteiger partial charge in [-0.05, 0) is 44.1 Å². The van der Waals surface area contributed by atoms with E-state index in [1.54, 1.807) is 6.92 Å². The smallest absolute Gasteiger partial charge is 0.317 e. The lowest BCUT2D eigenvalue weighted by Gasteiger charge is -2.23. The molecule has 0 spiro atoms. The Morgan fingerprint density at radius 3 is 2.52 bits per heavy atom. The lowest BCUT2D eigenvalue weighted by Crippen LogP contribution is -2.48. The molecule has 2 aliphatic rings. The van der Waals surface area contributed by atoms with Gasteiger partial charge in [-0.3, -0.25) is 9.59 Å². The molecule has 2 saturated carbocycles. The second-order valence-electron chi connectivity index (χ2n) is 6.66. The molecule has 23 heavy (non-hydrogen) atoms. The first-order valence-corrected chi connectivity index (χ1v) is 7.95. The lowest BCUT2D eigenvalue weighted by atomic mass is 9.96. The fourth-order valence-electron chi connectivity index (χ4n) is 2.97. The van der Waals surface area contributed by atoms with E-state index in [1.807, 2.05) is 30.3 Å². The summed E-state index contributed by atoms with van der Waals surface area (Å²) in [5.74, 6) is -0.576. The molecule has 1 atom stereocenters. The van der Waals surface area contributed by atoms with Crippen molar-refractivity contribution in [3.63, 3.8) is 0 Å². The fraction of sp³-hybridized carbons (Fsp3) is 0.500. The van der Waals surface area contributed by atoms with E-state index in [-0.39, 0.29) is 18.5 Å². The Balaban J connectivity index is 1.55. The number of nitrogens with one attached hydrogen (secondary N) is 1. The summed E-state index contributed by atoms with van der Waals surface area (Å²) in [7, 11) is 0. The van der Waals surface area contributed by atoms with E-state index in [4.69, 9.17) is 4.74 Å². The highest BCUT2D eigenvalue weighted by Gasteiger charge is 2.53. The summed E-state index contributed by atoms with van der Waals surface area (Å²) in [6, 6.07) is 11.7. The number of benzene rings is 1. The summed E-state index contributed by atoms with van der Waals surface area (Å²) < 4.78 is 5.22. The van der Waals surface area contributed by atoms with E-state index in [9.17, 15) is 14.9 Å². The molecule has 0 aromatic heterocycles. The van der Waals surface area contributed by atoms with Crippen LogP contribution < -0.4 is 5.32 Å². The van der Waals surface area contributed by atoms with E-state index in [2.05, 4.69) is 11.4 Å². The number of hydrogen-bond acceptors (Lipinski definition) is 4. The van der Waals surface area contributed by atoms with Crippen molar-refractivity contribution < 1.29 is 14.3 Å². The van der Waals surface area contributed by atoms with Gasteiger partial charge in [0.25, 0.3) is 5.91 Å². The molecule has 5 heteroatoms. The van der Waals surface area contributed by atoms with Crippen LogP contribution in [0.5, 0.6) is 0 Å². The maximum atomic E-state index is 12.3. The molecule has 1 amide bonds. The molecule has 0 bridgehead atoms. The summed E-state index contributed by atoms with van der Waals surface area (Å²) in [6.07, 6.45) is 3.38. The Morgan fingerprint density at radius 2 is 2.00 bits per heavy atom. The summed E-state index contributed by atoms with van der Waals surface area (Å²) in [5, 5.41) is 11.9. The van der Waals surface area contributed by atoms with E-state index in [1.165, 1.54) is 0 Å². The molecular weight excluding hydrogens is 292 g/mol. The van der Waals surface area contributed by atoms with Crippen molar-refractivity contribution in [1.29, 1.82) is 5.26 Å². The second kappa shape index (κ2) is 5.69. The average molecular weight is 312 g/mol. The molecule has 0 heterocycles. The Kier molecular flexibility index (Phi) is 3.85. The largest absolute Gasteiger partial charge is 0.455 e. The van der Waals surface area contributed by atoms with Crippen LogP contribution in [0.4, 0.5) is 0 Å². The minimum Gasteiger partial charge on any atom is -0.455 e.